The number of urea groups is 1. The van der Waals surface area contributed by atoms with Crippen LogP contribution in [0.25, 0.3) is 0 Å². The van der Waals surface area contributed by atoms with Crippen molar-refractivity contribution in [1.82, 2.24) is 9.80 Å². The van der Waals surface area contributed by atoms with Crippen molar-refractivity contribution < 1.29 is 22.8 Å². The summed E-state index contributed by atoms with van der Waals surface area (Å²) in [7, 11) is 0. The van der Waals surface area contributed by atoms with Crippen LogP contribution in [0.3, 0.4) is 0 Å². The first-order chi connectivity index (χ1) is 7.88. The highest BCUT2D eigenvalue weighted by Gasteiger charge is 2.45. The van der Waals surface area contributed by atoms with Crippen molar-refractivity contribution in [3.05, 3.63) is 0 Å². The van der Waals surface area contributed by atoms with Crippen molar-refractivity contribution in [3.63, 3.8) is 0 Å². The van der Waals surface area contributed by atoms with Gasteiger partial charge in [0.1, 0.15) is 13.1 Å². The second-order valence-corrected chi connectivity index (χ2v) is 4.46. The Kier molecular flexibility index (Phi) is 3.01. The molecule has 3 amide bonds. The second-order valence-electron chi connectivity index (χ2n) is 4.46. The molecule has 0 aromatic carbocycles. The van der Waals surface area contributed by atoms with E-state index in [1.165, 1.54) is 0 Å². The van der Waals surface area contributed by atoms with Crippen LogP contribution in [-0.4, -0.2) is 47.0 Å². The van der Waals surface area contributed by atoms with Crippen molar-refractivity contribution >= 4 is 11.9 Å². The summed E-state index contributed by atoms with van der Waals surface area (Å²) in [5, 5.41) is 0. The molecule has 0 N–H and O–H groups in total. The first-order valence-electron chi connectivity index (χ1n) is 5.56. The van der Waals surface area contributed by atoms with Gasteiger partial charge in [0.15, 0.2) is 0 Å². The molecule has 1 saturated heterocycles. The Bertz CT molecular complexity index is 337. The number of hydrogen-bond acceptors (Lipinski definition) is 2. The van der Waals surface area contributed by atoms with Gasteiger partial charge in [-0.25, -0.2) is 4.79 Å². The molecule has 17 heavy (non-hydrogen) atoms. The Hall–Kier alpha value is -1.27. The molecule has 0 unspecified atom stereocenters. The lowest BCUT2D eigenvalue weighted by Crippen LogP contribution is -2.42. The normalized spacial score (nSPS) is 23.0. The quantitative estimate of drug-likeness (QED) is 0.700. The van der Waals surface area contributed by atoms with Gasteiger partial charge < -0.3 is 4.90 Å². The van der Waals surface area contributed by atoms with Crippen molar-refractivity contribution in [2.75, 3.05) is 13.1 Å². The van der Waals surface area contributed by atoms with Crippen LogP contribution in [0.15, 0.2) is 0 Å². The summed E-state index contributed by atoms with van der Waals surface area (Å²) in [4.78, 5) is 24.9. The summed E-state index contributed by atoms with van der Waals surface area (Å²) in [6, 6.07) is -0.993. The molecular weight excluding hydrogens is 237 g/mol. The van der Waals surface area contributed by atoms with Gasteiger partial charge in [0.25, 0.3) is 5.91 Å². The van der Waals surface area contributed by atoms with E-state index in [1.54, 1.807) is 0 Å². The van der Waals surface area contributed by atoms with Gasteiger partial charge in [0, 0.05) is 6.04 Å². The summed E-state index contributed by atoms with van der Waals surface area (Å²) in [5.74, 6) is -0.508. The lowest BCUT2D eigenvalue weighted by molar-refractivity contribution is -0.139. The Morgan fingerprint density at radius 1 is 1.18 bits per heavy atom. The fourth-order valence-electron chi connectivity index (χ4n) is 2.43. The van der Waals surface area contributed by atoms with Crippen LogP contribution < -0.4 is 0 Å². The van der Waals surface area contributed by atoms with Crippen LogP contribution in [0, 0.1) is 0 Å². The van der Waals surface area contributed by atoms with Gasteiger partial charge in [-0.3, -0.25) is 9.69 Å². The highest BCUT2D eigenvalue weighted by Crippen LogP contribution is 2.28. The minimum Gasteiger partial charge on any atom is -0.306 e. The van der Waals surface area contributed by atoms with E-state index < -0.39 is 31.2 Å². The van der Waals surface area contributed by atoms with E-state index in [0.29, 0.717) is 17.7 Å². The maximum absolute atomic E-state index is 12.2. The Morgan fingerprint density at radius 3 is 2.29 bits per heavy atom. The third-order valence-electron chi connectivity index (χ3n) is 3.13. The minimum atomic E-state index is -4.46. The summed E-state index contributed by atoms with van der Waals surface area (Å²) in [6.45, 7) is -1.80. The molecule has 1 aliphatic heterocycles. The molecule has 1 aliphatic carbocycles. The first-order valence-corrected chi connectivity index (χ1v) is 5.56. The average Bonchev–Trinajstić information content (AvgIpc) is 2.74. The zero-order chi connectivity index (χ0) is 12.6. The fraction of sp³-hybridized carbons (Fsp3) is 0.800. The fourth-order valence-corrected chi connectivity index (χ4v) is 2.43. The van der Waals surface area contributed by atoms with E-state index in [9.17, 15) is 22.8 Å². The zero-order valence-corrected chi connectivity index (χ0v) is 9.16. The van der Waals surface area contributed by atoms with Crippen molar-refractivity contribution in [1.29, 1.82) is 0 Å². The van der Waals surface area contributed by atoms with E-state index in [4.69, 9.17) is 0 Å². The Labute approximate surface area is 96.4 Å². The number of hydrogen-bond donors (Lipinski definition) is 0. The largest absolute Gasteiger partial charge is 0.406 e. The lowest BCUT2D eigenvalue weighted by Gasteiger charge is -2.22. The van der Waals surface area contributed by atoms with Crippen LogP contribution in [0.4, 0.5) is 18.0 Å². The molecule has 0 bridgehead atoms. The molecule has 96 valence electrons. The highest BCUT2D eigenvalue weighted by molar-refractivity contribution is 6.02. The number of amides is 3. The van der Waals surface area contributed by atoms with Gasteiger partial charge >= 0.3 is 12.2 Å². The number of halogens is 3. The monoisotopic (exact) mass is 250 g/mol. The third-order valence-corrected chi connectivity index (χ3v) is 3.13. The number of carbonyl (C=O) groups excluding carboxylic acids is 2. The first kappa shape index (κ1) is 12.2. The topological polar surface area (TPSA) is 40.6 Å². The lowest BCUT2D eigenvalue weighted by atomic mass is 10.2. The summed E-state index contributed by atoms with van der Waals surface area (Å²) < 4.78 is 36.6. The van der Waals surface area contributed by atoms with E-state index in [1.807, 2.05) is 0 Å². The molecular formula is C10H13F3N2O2. The SMILES string of the molecule is O=C1CN(CC(F)(F)F)C(=O)N1C1CCCC1. The van der Waals surface area contributed by atoms with Gasteiger partial charge in [0.05, 0.1) is 0 Å². The predicted octanol–water partition coefficient (Wildman–Crippen LogP) is 1.76. The van der Waals surface area contributed by atoms with Crippen LogP contribution >= 0.6 is 0 Å². The second kappa shape index (κ2) is 4.19. The number of rotatable bonds is 2. The van der Waals surface area contributed by atoms with Gasteiger partial charge in [0.2, 0.25) is 0 Å². The third kappa shape index (κ3) is 2.53. The van der Waals surface area contributed by atoms with E-state index >= 15 is 0 Å². The summed E-state index contributed by atoms with van der Waals surface area (Å²) in [5.41, 5.74) is 0. The predicted molar refractivity (Wildman–Crippen MR) is 52.1 cm³/mol. The maximum Gasteiger partial charge on any atom is 0.406 e. The molecule has 0 radical (unpaired) electrons. The smallest absolute Gasteiger partial charge is 0.306 e. The highest BCUT2D eigenvalue weighted by atomic mass is 19.4. The van der Waals surface area contributed by atoms with Crippen LogP contribution in [-0.2, 0) is 4.79 Å². The number of imide groups is 1. The molecule has 0 spiro atoms. The molecule has 1 saturated carbocycles. The molecule has 1 heterocycles. The molecule has 2 aliphatic rings. The van der Waals surface area contributed by atoms with Gasteiger partial charge in [-0.1, -0.05) is 12.8 Å². The number of alkyl halides is 3. The minimum absolute atomic E-state index is 0.201. The van der Waals surface area contributed by atoms with Crippen molar-refractivity contribution in [2.24, 2.45) is 0 Å². The standard InChI is InChI=1S/C10H13F3N2O2/c11-10(12,13)6-14-5-8(16)15(9(14)17)7-3-1-2-4-7/h7H,1-6H2. The summed E-state index contributed by atoms with van der Waals surface area (Å²) in [6.07, 6.45) is -1.21. The average molecular weight is 250 g/mol. The van der Waals surface area contributed by atoms with Gasteiger partial charge in [-0.05, 0) is 12.8 Å². The van der Waals surface area contributed by atoms with E-state index in [-0.39, 0.29) is 6.04 Å². The van der Waals surface area contributed by atoms with Crippen LogP contribution in [0.2, 0.25) is 0 Å². The molecule has 0 aromatic heterocycles. The Balaban J connectivity index is 2.05. The Morgan fingerprint density at radius 2 is 1.76 bits per heavy atom. The van der Waals surface area contributed by atoms with E-state index in [0.717, 1.165) is 17.7 Å². The molecule has 2 rings (SSSR count). The molecule has 0 aromatic rings. The zero-order valence-electron chi connectivity index (χ0n) is 9.16. The van der Waals surface area contributed by atoms with Gasteiger partial charge in [-0.2, -0.15) is 13.2 Å². The molecule has 4 nitrogen and oxygen atoms in total. The van der Waals surface area contributed by atoms with Crippen molar-refractivity contribution in [3.8, 4) is 0 Å². The number of carbonyl (C=O) groups is 2. The number of nitrogens with zero attached hydrogens (tertiary/aromatic N) is 2. The van der Waals surface area contributed by atoms with Crippen molar-refractivity contribution in [2.45, 2.75) is 37.9 Å². The molecule has 7 heteroatoms. The summed E-state index contributed by atoms with van der Waals surface area (Å²) >= 11 is 0. The van der Waals surface area contributed by atoms with Crippen LogP contribution in [0.5, 0.6) is 0 Å². The van der Waals surface area contributed by atoms with Gasteiger partial charge in [-0.15, -0.1) is 0 Å². The molecule has 2 fully saturated rings. The molecule has 0 atom stereocenters. The van der Waals surface area contributed by atoms with E-state index in [2.05, 4.69) is 0 Å². The van der Waals surface area contributed by atoms with Crippen LogP contribution in [0.1, 0.15) is 25.7 Å². The maximum atomic E-state index is 12.2.